The lowest BCUT2D eigenvalue weighted by atomic mass is 10.2. The van der Waals surface area contributed by atoms with Gasteiger partial charge in [-0.05, 0) is 61.7 Å². The molecule has 8 heteroatoms. The van der Waals surface area contributed by atoms with Crippen molar-refractivity contribution in [2.24, 2.45) is 0 Å². The topological polar surface area (TPSA) is 78.3 Å². The predicted octanol–water partition coefficient (Wildman–Crippen LogP) is 5.04. The molecule has 2 aromatic carbocycles. The Labute approximate surface area is 184 Å². The number of anilines is 1. The van der Waals surface area contributed by atoms with Gasteiger partial charge in [-0.15, -0.1) is 16.4 Å². The maximum Gasteiger partial charge on any atom is 0.336 e. The van der Waals surface area contributed by atoms with Gasteiger partial charge in [0.15, 0.2) is 5.82 Å². The Kier molecular flexibility index (Phi) is 5.99. The van der Waals surface area contributed by atoms with E-state index in [0.717, 1.165) is 10.6 Å². The average molecular weight is 435 g/mol. The van der Waals surface area contributed by atoms with Crippen LogP contribution in [0.15, 0.2) is 66.0 Å². The van der Waals surface area contributed by atoms with E-state index in [-0.39, 0.29) is 12.0 Å². The van der Waals surface area contributed by atoms with E-state index in [0.29, 0.717) is 28.8 Å². The first-order valence-corrected chi connectivity index (χ1v) is 10.6. The zero-order valence-electron chi connectivity index (χ0n) is 17.4. The van der Waals surface area contributed by atoms with E-state index < -0.39 is 0 Å². The number of ether oxygens (including phenoxy) is 2. The third-order valence-corrected chi connectivity index (χ3v) is 5.22. The molecule has 4 aromatic rings. The molecule has 1 N–H and O–H groups in total. The summed E-state index contributed by atoms with van der Waals surface area (Å²) in [6, 6.07) is 18.7. The molecule has 2 heterocycles. The summed E-state index contributed by atoms with van der Waals surface area (Å²) in [5.41, 5.74) is 1.92. The molecule has 4 rings (SSSR count). The minimum atomic E-state index is -0.225. The Morgan fingerprint density at radius 3 is 2.68 bits per heavy atom. The van der Waals surface area contributed by atoms with E-state index in [4.69, 9.17) is 9.47 Å². The summed E-state index contributed by atoms with van der Waals surface area (Å²) in [4.78, 5) is 18.2. The lowest BCUT2D eigenvalue weighted by Gasteiger charge is -2.09. The summed E-state index contributed by atoms with van der Waals surface area (Å²) in [7, 11) is 1.57. The highest BCUT2D eigenvalue weighted by Crippen LogP contribution is 2.28. The molecule has 2 aromatic heterocycles. The third-order valence-electron chi connectivity index (χ3n) is 4.35. The summed E-state index contributed by atoms with van der Waals surface area (Å²) < 4.78 is 12.6. The number of aromatic nitrogens is 3. The second kappa shape index (κ2) is 9.01. The van der Waals surface area contributed by atoms with Crippen LogP contribution in [-0.2, 0) is 0 Å². The molecule has 0 spiro atoms. The van der Waals surface area contributed by atoms with Gasteiger partial charge < -0.3 is 14.8 Å². The molecule has 0 aliphatic carbocycles. The van der Waals surface area contributed by atoms with Crippen molar-refractivity contribution >= 4 is 22.9 Å². The molecule has 0 unspecified atom stereocenters. The van der Waals surface area contributed by atoms with E-state index in [1.807, 2.05) is 55.6 Å². The highest BCUT2D eigenvalue weighted by atomic mass is 32.1. The summed E-state index contributed by atoms with van der Waals surface area (Å²) in [5.74, 6) is 1.08. The van der Waals surface area contributed by atoms with E-state index in [9.17, 15) is 4.79 Å². The van der Waals surface area contributed by atoms with Crippen molar-refractivity contribution in [3.05, 3.63) is 71.6 Å². The largest absolute Gasteiger partial charge is 0.497 e. The number of benzene rings is 2. The molecule has 0 aliphatic rings. The van der Waals surface area contributed by atoms with Crippen molar-refractivity contribution in [2.75, 3.05) is 12.4 Å². The number of hydrogen-bond acceptors (Lipinski definition) is 6. The predicted molar refractivity (Wildman–Crippen MR) is 121 cm³/mol. The number of nitrogens with one attached hydrogen (secondary N) is 1. The van der Waals surface area contributed by atoms with Gasteiger partial charge in [0, 0.05) is 11.3 Å². The Bertz CT molecular complexity index is 1190. The van der Waals surface area contributed by atoms with Gasteiger partial charge in [0.05, 0.1) is 23.8 Å². The maximum absolute atomic E-state index is 12.7. The summed E-state index contributed by atoms with van der Waals surface area (Å²) in [6.45, 7) is 3.86. The molecule has 0 bridgehead atoms. The van der Waals surface area contributed by atoms with Crippen molar-refractivity contribution < 1.29 is 14.3 Å². The fraction of sp³-hybridized carbons (Fsp3) is 0.174. The third kappa shape index (κ3) is 4.75. The van der Waals surface area contributed by atoms with Crippen LogP contribution in [0.3, 0.4) is 0 Å². The molecular formula is C23H22N4O3S. The summed E-state index contributed by atoms with van der Waals surface area (Å²) in [5, 5.41) is 9.45. The van der Waals surface area contributed by atoms with E-state index in [2.05, 4.69) is 15.4 Å². The van der Waals surface area contributed by atoms with Crippen molar-refractivity contribution in [1.82, 2.24) is 14.8 Å². The smallest absolute Gasteiger partial charge is 0.336 e. The number of methoxy groups -OCH3 is 1. The number of amides is 1. The molecule has 0 radical (unpaired) electrons. The van der Waals surface area contributed by atoms with Crippen LogP contribution in [0, 0.1) is 0 Å². The number of rotatable bonds is 7. The van der Waals surface area contributed by atoms with Gasteiger partial charge in [0.25, 0.3) is 5.91 Å². The molecule has 0 aliphatic heterocycles. The standard InChI is InChI=1S/C23H22N4O3S/c1-15(2)30-23-25-21(20-11-6-12-31-20)27(26-23)18-9-5-8-17(14-18)24-22(28)16-7-4-10-19(13-16)29-3/h4-15H,1-3H3,(H,24,28). The normalized spacial score (nSPS) is 10.8. The van der Waals surface area contributed by atoms with E-state index in [1.54, 1.807) is 47.4 Å². The van der Waals surface area contributed by atoms with Gasteiger partial charge in [-0.2, -0.15) is 4.98 Å². The second-order valence-electron chi connectivity index (χ2n) is 7.01. The van der Waals surface area contributed by atoms with Crippen LogP contribution < -0.4 is 14.8 Å². The fourth-order valence-corrected chi connectivity index (χ4v) is 3.68. The molecule has 0 saturated heterocycles. The number of carbonyl (C=O) groups excluding carboxylic acids is 1. The van der Waals surface area contributed by atoms with Crippen LogP contribution >= 0.6 is 11.3 Å². The molecule has 158 valence electrons. The Hall–Kier alpha value is -3.65. The van der Waals surface area contributed by atoms with Crippen LogP contribution in [-0.4, -0.2) is 33.9 Å². The Balaban J connectivity index is 1.65. The lowest BCUT2D eigenvalue weighted by molar-refractivity contribution is 0.102. The minimum absolute atomic E-state index is 0.0412. The number of carbonyl (C=O) groups is 1. The van der Waals surface area contributed by atoms with E-state index >= 15 is 0 Å². The van der Waals surface area contributed by atoms with Gasteiger partial charge in [0.2, 0.25) is 0 Å². The number of nitrogens with zero attached hydrogens (tertiary/aromatic N) is 3. The van der Waals surface area contributed by atoms with Crippen molar-refractivity contribution in [1.29, 1.82) is 0 Å². The van der Waals surface area contributed by atoms with Gasteiger partial charge >= 0.3 is 6.01 Å². The Morgan fingerprint density at radius 1 is 1.10 bits per heavy atom. The van der Waals surface area contributed by atoms with Crippen LogP contribution in [0.4, 0.5) is 5.69 Å². The zero-order valence-corrected chi connectivity index (χ0v) is 18.2. The van der Waals surface area contributed by atoms with Gasteiger partial charge in [0.1, 0.15) is 5.75 Å². The van der Waals surface area contributed by atoms with Crippen molar-refractivity contribution in [3.63, 3.8) is 0 Å². The van der Waals surface area contributed by atoms with Crippen LogP contribution in [0.5, 0.6) is 11.8 Å². The molecule has 0 atom stereocenters. The lowest BCUT2D eigenvalue weighted by Crippen LogP contribution is -2.12. The summed E-state index contributed by atoms with van der Waals surface area (Å²) in [6.07, 6.45) is -0.0412. The van der Waals surface area contributed by atoms with Gasteiger partial charge in [-0.3, -0.25) is 4.79 Å². The molecular weight excluding hydrogens is 412 g/mol. The first kappa shape index (κ1) is 20.6. The number of thiophene rings is 1. The second-order valence-corrected chi connectivity index (χ2v) is 7.96. The molecule has 7 nitrogen and oxygen atoms in total. The first-order chi connectivity index (χ1) is 15.0. The van der Waals surface area contributed by atoms with Crippen molar-refractivity contribution in [2.45, 2.75) is 20.0 Å². The molecule has 1 amide bonds. The van der Waals surface area contributed by atoms with Gasteiger partial charge in [-0.1, -0.05) is 18.2 Å². The first-order valence-electron chi connectivity index (χ1n) is 9.77. The SMILES string of the molecule is COc1cccc(C(=O)Nc2cccc(-n3nc(OC(C)C)nc3-c3cccs3)c2)c1. The Morgan fingerprint density at radius 2 is 1.94 bits per heavy atom. The number of hydrogen-bond donors (Lipinski definition) is 1. The molecule has 0 saturated carbocycles. The van der Waals surface area contributed by atoms with Gasteiger partial charge in [-0.25, -0.2) is 4.68 Å². The average Bonchev–Trinajstić information content (AvgIpc) is 3.43. The van der Waals surface area contributed by atoms with Crippen molar-refractivity contribution in [3.8, 4) is 28.1 Å². The minimum Gasteiger partial charge on any atom is -0.497 e. The maximum atomic E-state index is 12.7. The monoisotopic (exact) mass is 434 g/mol. The highest BCUT2D eigenvalue weighted by Gasteiger charge is 2.17. The van der Waals surface area contributed by atoms with Crippen LogP contribution in [0.25, 0.3) is 16.4 Å². The highest BCUT2D eigenvalue weighted by molar-refractivity contribution is 7.13. The zero-order chi connectivity index (χ0) is 21.8. The fourth-order valence-electron chi connectivity index (χ4n) is 2.98. The quantitative estimate of drug-likeness (QED) is 0.441. The molecule has 31 heavy (non-hydrogen) atoms. The van der Waals surface area contributed by atoms with Crippen LogP contribution in [0.1, 0.15) is 24.2 Å². The van der Waals surface area contributed by atoms with E-state index in [1.165, 1.54) is 0 Å². The summed E-state index contributed by atoms with van der Waals surface area (Å²) >= 11 is 1.57. The molecule has 0 fully saturated rings. The van der Waals surface area contributed by atoms with Crippen LogP contribution in [0.2, 0.25) is 0 Å².